The second-order valence-electron chi connectivity index (χ2n) is 7.28. The van der Waals surface area contributed by atoms with Crippen LogP contribution in [0.2, 0.25) is 0 Å². The third-order valence-corrected chi connectivity index (χ3v) is 5.19. The number of allylic oxidation sites excluding steroid dienone is 1. The van der Waals surface area contributed by atoms with E-state index < -0.39 is 0 Å². The number of hydrogen-bond acceptors (Lipinski definition) is 5. The first-order valence-corrected chi connectivity index (χ1v) is 9.60. The van der Waals surface area contributed by atoms with Crippen molar-refractivity contribution in [2.75, 3.05) is 19.6 Å². The third-order valence-electron chi connectivity index (χ3n) is 5.19. The van der Waals surface area contributed by atoms with Crippen molar-refractivity contribution in [3.05, 3.63) is 47.3 Å². The van der Waals surface area contributed by atoms with Gasteiger partial charge in [-0.2, -0.15) is 0 Å². The van der Waals surface area contributed by atoms with Crippen LogP contribution in [0.25, 0.3) is 5.57 Å². The molecule has 7 nitrogen and oxygen atoms in total. The van der Waals surface area contributed by atoms with Gasteiger partial charge in [-0.05, 0) is 36.5 Å². The molecule has 1 aliphatic carbocycles. The van der Waals surface area contributed by atoms with Crippen molar-refractivity contribution in [1.29, 1.82) is 5.41 Å². The highest BCUT2D eigenvalue weighted by atomic mass is 16.2. The quantitative estimate of drug-likeness (QED) is 0.428. The maximum Gasteiger partial charge on any atom is 0.219 e. The minimum Gasteiger partial charge on any atom is -0.404 e. The number of nitrogens with two attached hydrogens (primary N) is 2. The van der Waals surface area contributed by atoms with Crippen LogP contribution >= 0.6 is 0 Å². The summed E-state index contributed by atoms with van der Waals surface area (Å²) in [6, 6.07) is 7.41. The lowest BCUT2D eigenvalue weighted by molar-refractivity contribution is -0.128. The predicted molar refractivity (Wildman–Crippen MR) is 113 cm³/mol. The fourth-order valence-electron chi connectivity index (χ4n) is 3.21. The molecule has 6 N–H and O–H groups in total. The number of carbonyl (C=O) groups excluding carboxylic acids is 1. The molecular formula is C21H28N6O. The Morgan fingerprint density at radius 3 is 2.64 bits per heavy atom. The monoisotopic (exact) mass is 380 g/mol. The highest BCUT2D eigenvalue weighted by molar-refractivity contribution is 6.08. The Kier molecular flexibility index (Phi) is 6.13. The van der Waals surface area contributed by atoms with Gasteiger partial charge >= 0.3 is 0 Å². The molecule has 28 heavy (non-hydrogen) atoms. The topological polar surface area (TPSA) is 121 Å². The maximum absolute atomic E-state index is 11.8. The van der Waals surface area contributed by atoms with E-state index in [2.05, 4.69) is 10.3 Å². The zero-order chi connectivity index (χ0) is 20.1. The van der Waals surface area contributed by atoms with Crippen molar-refractivity contribution in [2.45, 2.75) is 26.2 Å². The second kappa shape index (κ2) is 8.73. The zero-order valence-electron chi connectivity index (χ0n) is 16.2. The van der Waals surface area contributed by atoms with Gasteiger partial charge in [0.1, 0.15) is 5.84 Å². The minimum atomic E-state index is 0.0450. The van der Waals surface area contributed by atoms with Crippen LogP contribution in [0.15, 0.2) is 46.7 Å². The van der Waals surface area contributed by atoms with Crippen LogP contribution in [0.3, 0.4) is 0 Å². The number of amides is 1. The summed E-state index contributed by atoms with van der Waals surface area (Å²) in [7, 11) is 0. The number of amidine groups is 1. The molecule has 7 heteroatoms. The van der Waals surface area contributed by atoms with Crippen molar-refractivity contribution >= 4 is 29.2 Å². The van der Waals surface area contributed by atoms with Crippen molar-refractivity contribution < 1.29 is 4.79 Å². The predicted octanol–water partition coefficient (Wildman–Crippen LogP) is 2.13. The summed E-state index contributed by atoms with van der Waals surface area (Å²) in [5.41, 5.74) is 16.1. The van der Waals surface area contributed by atoms with Crippen molar-refractivity contribution in [2.24, 2.45) is 22.4 Å². The molecule has 0 saturated heterocycles. The smallest absolute Gasteiger partial charge is 0.219 e. The highest BCUT2D eigenvalue weighted by Crippen LogP contribution is 2.29. The van der Waals surface area contributed by atoms with Gasteiger partial charge in [0.2, 0.25) is 5.91 Å². The molecule has 1 aromatic carbocycles. The Bertz CT molecular complexity index is 833. The van der Waals surface area contributed by atoms with Gasteiger partial charge in [-0.3, -0.25) is 4.79 Å². The van der Waals surface area contributed by atoms with E-state index >= 15 is 0 Å². The van der Waals surface area contributed by atoms with Gasteiger partial charge in [0.25, 0.3) is 0 Å². The number of rotatable bonds is 7. The summed E-state index contributed by atoms with van der Waals surface area (Å²) < 4.78 is 0. The number of carbonyl (C=O) groups is 1. The van der Waals surface area contributed by atoms with Crippen molar-refractivity contribution in [3.8, 4) is 0 Å². The summed E-state index contributed by atoms with van der Waals surface area (Å²) >= 11 is 0. The van der Waals surface area contributed by atoms with Crippen LogP contribution in [0.5, 0.6) is 0 Å². The molecule has 1 fully saturated rings. The first kappa shape index (κ1) is 19.7. The van der Waals surface area contributed by atoms with Crippen LogP contribution in [0.4, 0.5) is 5.69 Å². The van der Waals surface area contributed by atoms with E-state index in [4.69, 9.17) is 16.9 Å². The lowest BCUT2D eigenvalue weighted by atomic mass is 10.0. The molecule has 1 saturated carbocycles. The molecular weight excluding hydrogens is 352 g/mol. The normalized spacial score (nSPS) is 18.2. The molecule has 2 aliphatic rings. The highest BCUT2D eigenvalue weighted by Gasteiger charge is 2.26. The summed E-state index contributed by atoms with van der Waals surface area (Å²) in [6.07, 6.45) is 5.94. The number of hydrogen-bond donors (Lipinski definition) is 4. The Morgan fingerprint density at radius 1 is 1.36 bits per heavy atom. The average molecular weight is 380 g/mol. The minimum absolute atomic E-state index is 0.0450. The molecule has 0 atom stereocenters. The van der Waals surface area contributed by atoms with Gasteiger partial charge in [0.15, 0.2) is 0 Å². The van der Waals surface area contributed by atoms with E-state index in [1.165, 1.54) is 25.3 Å². The second-order valence-corrected chi connectivity index (χ2v) is 7.28. The van der Waals surface area contributed by atoms with Gasteiger partial charge < -0.3 is 27.1 Å². The number of nitrogens with one attached hydrogen (secondary N) is 2. The molecule has 0 bridgehead atoms. The third kappa shape index (κ3) is 4.79. The fourth-order valence-corrected chi connectivity index (χ4v) is 3.21. The summed E-state index contributed by atoms with van der Waals surface area (Å²) in [6.45, 7) is 3.71. The van der Waals surface area contributed by atoms with Gasteiger partial charge in [0.05, 0.1) is 12.2 Å². The standard InChI is InChI=1S/C21H28N6O/c1-14(28)27-9-8-20(25-12-15-2-3-15)19(13-27)21(24)26-18-6-4-16(5-7-18)17(10-22)11-23/h4-7,10-11,15,22,25H,2-3,8-9,12-13,23H2,1H3,(H2,24,26)/b17-11+,22-10?. The maximum atomic E-state index is 11.8. The summed E-state index contributed by atoms with van der Waals surface area (Å²) in [5.74, 6) is 1.23. The first-order valence-electron chi connectivity index (χ1n) is 9.60. The number of aliphatic imine (C=N–C) groups is 1. The Morgan fingerprint density at radius 2 is 2.07 bits per heavy atom. The lowest BCUT2D eigenvalue weighted by Gasteiger charge is -2.30. The van der Waals surface area contributed by atoms with E-state index in [1.807, 2.05) is 24.3 Å². The Balaban J connectivity index is 1.83. The van der Waals surface area contributed by atoms with E-state index in [0.717, 1.165) is 41.4 Å². The van der Waals surface area contributed by atoms with Gasteiger partial charge in [-0.15, -0.1) is 0 Å². The van der Waals surface area contributed by atoms with Crippen LogP contribution in [-0.2, 0) is 4.79 Å². The Hall–Kier alpha value is -3.09. The summed E-state index contributed by atoms with van der Waals surface area (Å²) in [5, 5.41) is 10.9. The van der Waals surface area contributed by atoms with Gasteiger partial charge in [-0.25, -0.2) is 4.99 Å². The molecule has 3 rings (SSSR count). The van der Waals surface area contributed by atoms with E-state index in [9.17, 15) is 4.79 Å². The number of benzene rings is 1. The van der Waals surface area contributed by atoms with E-state index in [0.29, 0.717) is 24.5 Å². The van der Waals surface area contributed by atoms with Crippen LogP contribution in [-0.4, -0.2) is 42.5 Å². The summed E-state index contributed by atoms with van der Waals surface area (Å²) in [4.78, 5) is 18.2. The molecule has 0 spiro atoms. The molecule has 1 aromatic rings. The molecule has 1 aliphatic heterocycles. The number of nitrogens with zero attached hydrogens (tertiary/aromatic N) is 2. The molecule has 1 heterocycles. The first-order chi connectivity index (χ1) is 13.5. The van der Waals surface area contributed by atoms with Crippen LogP contribution < -0.4 is 16.8 Å². The largest absolute Gasteiger partial charge is 0.404 e. The van der Waals surface area contributed by atoms with Gasteiger partial charge in [-0.1, -0.05) is 12.1 Å². The van der Waals surface area contributed by atoms with Crippen molar-refractivity contribution in [1.82, 2.24) is 10.2 Å². The molecule has 0 radical (unpaired) electrons. The molecule has 0 aromatic heterocycles. The SMILES string of the molecule is CC(=O)N1CCC(NCC2CC2)=C(C(N)=Nc2ccc(/C(C=N)=C/N)cc2)C1. The Labute approximate surface area is 165 Å². The lowest BCUT2D eigenvalue weighted by Crippen LogP contribution is -2.41. The van der Waals surface area contributed by atoms with Crippen LogP contribution in [0, 0.1) is 11.3 Å². The average Bonchev–Trinajstić information content (AvgIpc) is 3.53. The van der Waals surface area contributed by atoms with Gasteiger partial charge in [0, 0.05) is 55.7 Å². The molecule has 0 unspecified atom stereocenters. The fraction of sp³-hybridized carbons (Fsp3) is 0.381. The van der Waals surface area contributed by atoms with Crippen LogP contribution in [0.1, 0.15) is 31.7 Å². The molecule has 1 amide bonds. The van der Waals surface area contributed by atoms with Crippen molar-refractivity contribution in [3.63, 3.8) is 0 Å². The van der Waals surface area contributed by atoms with E-state index in [1.54, 1.807) is 11.8 Å². The molecule has 148 valence electrons. The van der Waals surface area contributed by atoms with E-state index in [-0.39, 0.29) is 5.91 Å². The zero-order valence-corrected chi connectivity index (χ0v) is 16.2.